The number of esters is 1. The van der Waals surface area contributed by atoms with Crippen molar-refractivity contribution >= 4 is 11.9 Å². The van der Waals surface area contributed by atoms with Crippen molar-refractivity contribution in [1.29, 1.82) is 0 Å². The standard InChI is InChI=1S/C76H147NO5/c1-3-5-7-9-11-13-15-17-19-37-42-46-50-54-58-62-66-70-76(81)82-71-67-63-59-55-51-47-43-39-36-34-32-30-28-26-24-22-21-23-25-27-29-31-33-35-38-41-45-49-53-57-61-65-69-75(80)77-73(72-78)74(79)68-64-60-56-52-48-44-40-20-18-16-14-12-10-8-6-4-2/h11,13,17,19,73-74,78-79H,3-10,12,14-16,18,20-72H2,1-2H3,(H,77,80)/b13-11-,19-17-. The van der Waals surface area contributed by atoms with E-state index in [9.17, 15) is 19.8 Å². The molecule has 82 heavy (non-hydrogen) atoms. The molecule has 0 heterocycles. The molecule has 0 aromatic carbocycles. The number of hydrogen-bond acceptors (Lipinski definition) is 5. The van der Waals surface area contributed by atoms with Crippen molar-refractivity contribution < 1.29 is 24.5 Å². The Kier molecular flexibility index (Phi) is 70.4. The summed E-state index contributed by atoms with van der Waals surface area (Å²) in [5, 5.41) is 23.4. The van der Waals surface area contributed by atoms with Gasteiger partial charge in [0.25, 0.3) is 0 Å². The Bertz CT molecular complexity index is 1280. The quantitative estimate of drug-likeness (QED) is 0.0320. The van der Waals surface area contributed by atoms with Crippen LogP contribution < -0.4 is 5.32 Å². The zero-order valence-corrected chi connectivity index (χ0v) is 55.8. The van der Waals surface area contributed by atoms with Gasteiger partial charge < -0.3 is 20.3 Å². The Hall–Kier alpha value is -1.66. The summed E-state index contributed by atoms with van der Waals surface area (Å²) >= 11 is 0. The average molecular weight is 1160 g/mol. The maximum absolute atomic E-state index is 12.5. The van der Waals surface area contributed by atoms with Crippen molar-refractivity contribution in [2.75, 3.05) is 13.2 Å². The lowest BCUT2D eigenvalue weighted by Crippen LogP contribution is -2.45. The van der Waals surface area contributed by atoms with Gasteiger partial charge in [-0.3, -0.25) is 9.59 Å². The Morgan fingerprint density at radius 2 is 0.610 bits per heavy atom. The monoisotopic (exact) mass is 1150 g/mol. The zero-order chi connectivity index (χ0) is 59.2. The van der Waals surface area contributed by atoms with E-state index in [-0.39, 0.29) is 18.5 Å². The van der Waals surface area contributed by atoms with Crippen LogP contribution in [0.15, 0.2) is 24.3 Å². The number of allylic oxidation sites excluding steroid dienone is 4. The molecule has 0 aliphatic rings. The number of nitrogens with one attached hydrogen (secondary N) is 1. The van der Waals surface area contributed by atoms with Gasteiger partial charge in [0.2, 0.25) is 5.91 Å². The van der Waals surface area contributed by atoms with Crippen LogP contribution in [0.3, 0.4) is 0 Å². The van der Waals surface area contributed by atoms with Gasteiger partial charge in [-0.2, -0.15) is 0 Å². The molecule has 0 rings (SSSR count). The van der Waals surface area contributed by atoms with Crippen molar-refractivity contribution in [1.82, 2.24) is 5.32 Å². The van der Waals surface area contributed by atoms with E-state index >= 15 is 0 Å². The third-order valence-electron chi connectivity index (χ3n) is 17.8. The number of aliphatic hydroxyl groups is 2. The van der Waals surface area contributed by atoms with Crippen LogP contribution in [0.2, 0.25) is 0 Å². The van der Waals surface area contributed by atoms with Crippen molar-refractivity contribution in [2.45, 2.75) is 437 Å². The van der Waals surface area contributed by atoms with Gasteiger partial charge in [0.15, 0.2) is 0 Å². The highest BCUT2D eigenvalue weighted by atomic mass is 16.5. The minimum atomic E-state index is -0.661. The number of carbonyl (C=O) groups excluding carboxylic acids is 2. The molecule has 0 aliphatic carbocycles. The third-order valence-corrected chi connectivity index (χ3v) is 17.8. The van der Waals surface area contributed by atoms with Gasteiger partial charge in [0.1, 0.15) is 0 Å². The summed E-state index contributed by atoms with van der Waals surface area (Å²) in [6.45, 7) is 4.97. The fourth-order valence-corrected chi connectivity index (χ4v) is 12.0. The van der Waals surface area contributed by atoms with Gasteiger partial charge in [0, 0.05) is 12.8 Å². The minimum absolute atomic E-state index is 0.0142. The largest absolute Gasteiger partial charge is 0.466 e. The second-order valence-corrected chi connectivity index (χ2v) is 26.0. The second kappa shape index (κ2) is 71.8. The Morgan fingerprint density at radius 1 is 0.341 bits per heavy atom. The number of ether oxygens (including phenoxy) is 1. The second-order valence-electron chi connectivity index (χ2n) is 26.0. The SMILES string of the molecule is CCCCC/C=C\C/C=C\CCCCCCCCCC(=O)OCCCCCCCCCCCCCCCCCCCCCCCCCCCCCCCCCCC(=O)NC(CO)C(O)CCCCCCCCCCCCCCCCCC. The van der Waals surface area contributed by atoms with E-state index in [0.29, 0.717) is 25.9 Å². The number of carbonyl (C=O) groups is 2. The Balaban J connectivity index is 3.31. The molecular weight excluding hydrogens is 1010 g/mol. The number of amides is 1. The van der Waals surface area contributed by atoms with E-state index in [1.807, 2.05) is 0 Å². The lowest BCUT2D eigenvalue weighted by Gasteiger charge is -2.22. The van der Waals surface area contributed by atoms with Crippen molar-refractivity contribution in [3.63, 3.8) is 0 Å². The molecule has 0 aromatic heterocycles. The van der Waals surface area contributed by atoms with Crippen LogP contribution in [0.1, 0.15) is 425 Å². The molecule has 0 spiro atoms. The summed E-state index contributed by atoms with van der Waals surface area (Å²) in [5.41, 5.74) is 0. The third kappa shape index (κ3) is 67.5. The van der Waals surface area contributed by atoms with Gasteiger partial charge in [-0.1, -0.05) is 378 Å². The molecule has 6 nitrogen and oxygen atoms in total. The van der Waals surface area contributed by atoms with Gasteiger partial charge in [-0.05, 0) is 57.8 Å². The van der Waals surface area contributed by atoms with E-state index in [4.69, 9.17) is 4.74 Å². The smallest absolute Gasteiger partial charge is 0.305 e. The Morgan fingerprint density at radius 3 is 0.951 bits per heavy atom. The van der Waals surface area contributed by atoms with Gasteiger partial charge in [-0.25, -0.2) is 0 Å². The highest BCUT2D eigenvalue weighted by molar-refractivity contribution is 5.76. The van der Waals surface area contributed by atoms with Crippen LogP contribution in [0.25, 0.3) is 0 Å². The van der Waals surface area contributed by atoms with E-state index < -0.39 is 12.1 Å². The van der Waals surface area contributed by atoms with E-state index in [1.54, 1.807) is 0 Å². The molecule has 3 N–H and O–H groups in total. The molecular formula is C76H147NO5. The molecule has 0 saturated heterocycles. The average Bonchev–Trinajstić information content (AvgIpc) is 3.48. The lowest BCUT2D eigenvalue weighted by atomic mass is 10.0. The molecule has 0 aromatic rings. The van der Waals surface area contributed by atoms with E-state index in [1.165, 1.54) is 340 Å². The number of hydrogen-bond donors (Lipinski definition) is 3. The normalized spacial score (nSPS) is 12.6. The van der Waals surface area contributed by atoms with E-state index in [2.05, 4.69) is 43.5 Å². The topological polar surface area (TPSA) is 95.9 Å². The van der Waals surface area contributed by atoms with Crippen LogP contribution in [-0.2, 0) is 14.3 Å². The summed E-state index contributed by atoms with van der Waals surface area (Å²) in [6.07, 6.45) is 91.1. The summed E-state index contributed by atoms with van der Waals surface area (Å²) < 4.78 is 5.50. The maximum Gasteiger partial charge on any atom is 0.305 e. The van der Waals surface area contributed by atoms with Crippen LogP contribution in [0.5, 0.6) is 0 Å². The van der Waals surface area contributed by atoms with Crippen molar-refractivity contribution in [3.05, 3.63) is 24.3 Å². The molecule has 0 saturated carbocycles. The van der Waals surface area contributed by atoms with Crippen LogP contribution >= 0.6 is 0 Å². The molecule has 0 bridgehead atoms. The first-order chi connectivity index (χ1) is 40.5. The molecule has 0 radical (unpaired) electrons. The number of aliphatic hydroxyl groups excluding tert-OH is 2. The first kappa shape index (κ1) is 80.3. The fourth-order valence-electron chi connectivity index (χ4n) is 12.0. The predicted molar refractivity (Wildman–Crippen MR) is 361 cm³/mol. The van der Waals surface area contributed by atoms with Gasteiger partial charge >= 0.3 is 5.97 Å². The first-order valence-corrected chi connectivity index (χ1v) is 37.6. The zero-order valence-electron chi connectivity index (χ0n) is 55.8. The van der Waals surface area contributed by atoms with Gasteiger partial charge in [-0.15, -0.1) is 0 Å². The summed E-state index contributed by atoms with van der Waals surface area (Å²) in [7, 11) is 0. The molecule has 2 atom stereocenters. The lowest BCUT2D eigenvalue weighted by molar-refractivity contribution is -0.143. The Labute approximate surface area is 513 Å². The molecule has 6 heteroatoms. The molecule has 0 fully saturated rings. The maximum atomic E-state index is 12.5. The summed E-state index contributed by atoms with van der Waals surface area (Å²) in [5.74, 6) is -0.0125. The summed E-state index contributed by atoms with van der Waals surface area (Å²) in [6, 6.07) is -0.538. The molecule has 0 aliphatic heterocycles. The van der Waals surface area contributed by atoms with Crippen molar-refractivity contribution in [2.24, 2.45) is 0 Å². The number of rotatable bonds is 71. The molecule has 1 amide bonds. The fraction of sp³-hybridized carbons (Fsp3) is 0.921. The van der Waals surface area contributed by atoms with Crippen LogP contribution in [0.4, 0.5) is 0 Å². The predicted octanol–water partition coefficient (Wildman–Crippen LogP) is 24.5. The van der Waals surface area contributed by atoms with E-state index in [0.717, 1.165) is 51.4 Å². The first-order valence-electron chi connectivity index (χ1n) is 37.6. The molecule has 2 unspecified atom stereocenters. The van der Waals surface area contributed by atoms with Crippen LogP contribution in [-0.4, -0.2) is 47.4 Å². The van der Waals surface area contributed by atoms with Crippen molar-refractivity contribution in [3.8, 4) is 0 Å². The highest BCUT2D eigenvalue weighted by Gasteiger charge is 2.20. The molecule has 486 valence electrons. The number of unbranched alkanes of at least 4 members (excludes halogenated alkanes) is 56. The summed E-state index contributed by atoms with van der Waals surface area (Å²) in [4.78, 5) is 24.6. The van der Waals surface area contributed by atoms with Gasteiger partial charge in [0.05, 0.1) is 25.4 Å². The minimum Gasteiger partial charge on any atom is -0.466 e. The highest BCUT2D eigenvalue weighted by Crippen LogP contribution is 2.20. The van der Waals surface area contributed by atoms with Crippen LogP contribution in [0, 0.1) is 0 Å².